The molecular formula is C27H34N3O7P. The Labute approximate surface area is 222 Å². The third-order valence-electron chi connectivity index (χ3n) is 7.00. The van der Waals surface area contributed by atoms with Gasteiger partial charge in [-0.3, -0.25) is 18.6 Å². The van der Waals surface area contributed by atoms with E-state index in [2.05, 4.69) is 10.4 Å². The first kappa shape index (κ1) is 28.1. The molecule has 1 amide bonds. The summed E-state index contributed by atoms with van der Waals surface area (Å²) in [4.78, 5) is 40.6. The summed E-state index contributed by atoms with van der Waals surface area (Å²) in [5.41, 5.74) is -0.443. The van der Waals surface area contributed by atoms with E-state index in [1.54, 1.807) is 0 Å². The lowest BCUT2D eigenvalue weighted by Gasteiger charge is -2.37. The number of hydrogen-bond donors (Lipinski definition) is 3. The predicted octanol–water partition coefficient (Wildman–Crippen LogP) is 3.27. The molecular weight excluding hydrogens is 509 g/mol. The first-order chi connectivity index (χ1) is 18.2. The summed E-state index contributed by atoms with van der Waals surface area (Å²) < 4.78 is 25.2. The molecule has 0 aliphatic carbocycles. The summed E-state index contributed by atoms with van der Waals surface area (Å²) in [6.07, 6.45) is 1.69. The normalized spacial score (nSPS) is 22.3. The standard InChI is InChI=1S/C27H34N3O7P/c1-20(25(32)30-17-9-15-27(30,26(33)34)24(31)23-14-8-16-28-23)29-38(35,36-18-21-10-4-2-5-11-21)37-19-22-12-6-3-7-13-22/h2-7,10-13,20,23,28H,8-9,14-19H2,1H3,(H,29,35)(H,33,34). The number of carboxylic acids is 1. The van der Waals surface area contributed by atoms with E-state index in [1.165, 1.54) is 6.92 Å². The maximum absolute atomic E-state index is 13.8. The van der Waals surface area contributed by atoms with E-state index in [9.17, 15) is 24.1 Å². The fraction of sp³-hybridized carbons (Fsp3) is 0.444. The van der Waals surface area contributed by atoms with E-state index in [-0.39, 0.29) is 26.2 Å². The van der Waals surface area contributed by atoms with E-state index in [1.807, 2.05) is 60.7 Å². The fourth-order valence-corrected chi connectivity index (χ4v) is 6.45. The van der Waals surface area contributed by atoms with Crippen LogP contribution in [0.5, 0.6) is 0 Å². The minimum Gasteiger partial charge on any atom is -0.479 e. The molecule has 204 valence electrons. The summed E-state index contributed by atoms with van der Waals surface area (Å²) in [7, 11) is -4.05. The zero-order valence-corrected chi connectivity index (χ0v) is 22.3. The van der Waals surface area contributed by atoms with Crippen molar-refractivity contribution in [2.24, 2.45) is 0 Å². The number of ketones is 1. The van der Waals surface area contributed by atoms with Crippen LogP contribution >= 0.6 is 7.75 Å². The number of carbonyl (C=O) groups excluding carboxylic acids is 2. The van der Waals surface area contributed by atoms with Crippen molar-refractivity contribution >= 4 is 25.4 Å². The molecule has 11 heteroatoms. The van der Waals surface area contributed by atoms with Crippen molar-refractivity contribution in [2.75, 3.05) is 13.1 Å². The molecule has 0 aromatic heterocycles. The van der Waals surface area contributed by atoms with Crippen molar-refractivity contribution in [3.63, 3.8) is 0 Å². The maximum Gasteiger partial charge on any atom is 0.406 e. The molecule has 10 nitrogen and oxygen atoms in total. The molecule has 2 aromatic carbocycles. The molecule has 3 atom stereocenters. The molecule has 2 heterocycles. The van der Waals surface area contributed by atoms with E-state index >= 15 is 0 Å². The van der Waals surface area contributed by atoms with Crippen LogP contribution in [0.4, 0.5) is 0 Å². The summed E-state index contributed by atoms with van der Waals surface area (Å²) in [5.74, 6) is -2.51. The van der Waals surface area contributed by atoms with Crippen LogP contribution in [0.25, 0.3) is 0 Å². The van der Waals surface area contributed by atoms with Gasteiger partial charge in [0, 0.05) is 6.54 Å². The van der Waals surface area contributed by atoms with Gasteiger partial charge in [0.15, 0.2) is 5.78 Å². The quantitative estimate of drug-likeness (QED) is 0.272. The monoisotopic (exact) mass is 543 g/mol. The van der Waals surface area contributed by atoms with Gasteiger partial charge in [-0.15, -0.1) is 0 Å². The summed E-state index contributed by atoms with van der Waals surface area (Å²) in [6, 6.07) is 16.5. The first-order valence-corrected chi connectivity index (χ1v) is 14.4. The van der Waals surface area contributed by atoms with Crippen molar-refractivity contribution < 1.29 is 33.1 Å². The SMILES string of the molecule is CC(NP(=O)(OCc1ccccc1)OCc1ccccc1)C(=O)N1CCCC1(C(=O)O)C(=O)C1CCCN1. The molecule has 3 unspecified atom stereocenters. The number of rotatable bonds is 12. The van der Waals surface area contributed by atoms with Crippen LogP contribution in [0.15, 0.2) is 60.7 Å². The maximum atomic E-state index is 13.8. The smallest absolute Gasteiger partial charge is 0.406 e. The van der Waals surface area contributed by atoms with Crippen molar-refractivity contribution in [1.82, 2.24) is 15.3 Å². The Balaban J connectivity index is 1.52. The van der Waals surface area contributed by atoms with Gasteiger partial charge in [0.05, 0.1) is 25.3 Å². The number of aliphatic carboxylic acids is 1. The first-order valence-electron chi connectivity index (χ1n) is 12.8. The second-order valence-electron chi connectivity index (χ2n) is 9.64. The lowest BCUT2D eigenvalue weighted by Crippen LogP contribution is -2.64. The molecule has 2 aliphatic heterocycles. The second-order valence-corrected chi connectivity index (χ2v) is 11.4. The zero-order valence-electron chi connectivity index (χ0n) is 21.4. The molecule has 0 radical (unpaired) electrons. The van der Waals surface area contributed by atoms with Crippen LogP contribution in [0.2, 0.25) is 0 Å². The van der Waals surface area contributed by atoms with Gasteiger partial charge in [0.25, 0.3) is 0 Å². The number of carboxylic acid groups (broad SMARTS) is 1. The molecule has 2 fully saturated rings. The largest absolute Gasteiger partial charge is 0.479 e. The van der Waals surface area contributed by atoms with Crippen molar-refractivity contribution in [2.45, 2.75) is 63.4 Å². The van der Waals surface area contributed by atoms with Gasteiger partial charge in [-0.05, 0) is 50.3 Å². The second kappa shape index (κ2) is 12.3. The average molecular weight is 544 g/mol. The summed E-state index contributed by atoms with van der Waals surface area (Å²) >= 11 is 0. The Kier molecular flexibility index (Phi) is 9.12. The highest BCUT2D eigenvalue weighted by atomic mass is 31.2. The lowest BCUT2D eigenvalue weighted by atomic mass is 9.85. The number of nitrogens with one attached hydrogen (secondary N) is 2. The molecule has 0 bridgehead atoms. The number of carbonyl (C=O) groups is 3. The fourth-order valence-electron chi connectivity index (χ4n) is 5.00. The number of benzene rings is 2. The van der Waals surface area contributed by atoms with Crippen LogP contribution in [0.3, 0.4) is 0 Å². The number of nitrogens with zero attached hydrogens (tertiary/aromatic N) is 1. The van der Waals surface area contributed by atoms with Gasteiger partial charge in [0.1, 0.15) is 0 Å². The van der Waals surface area contributed by atoms with Gasteiger partial charge < -0.3 is 15.3 Å². The Morgan fingerprint density at radius 3 is 2.13 bits per heavy atom. The zero-order chi connectivity index (χ0) is 27.2. The topological polar surface area (TPSA) is 134 Å². The molecule has 0 saturated carbocycles. The lowest BCUT2D eigenvalue weighted by molar-refractivity contribution is -0.162. The Morgan fingerprint density at radius 2 is 1.63 bits per heavy atom. The highest BCUT2D eigenvalue weighted by Crippen LogP contribution is 2.46. The van der Waals surface area contributed by atoms with E-state index in [0.717, 1.165) is 22.4 Å². The van der Waals surface area contributed by atoms with Crippen molar-refractivity contribution in [3.8, 4) is 0 Å². The Hall–Kier alpha value is -2.88. The van der Waals surface area contributed by atoms with E-state index in [0.29, 0.717) is 19.4 Å². The van der Waals surface area contributed by atoms with Crippen LogP contribution < -0.4 is 10.4 Å². The highest BCUT2D eigenvalue weighted by Gasteiger charge is 2.58. The highest BCUT2D eigenvalue weighted by molar-refractivity contribution is 7.51. The van der Waals surface area contributed by atoms with E-state index < -0.39 is 43.0 Å². The molecule has 4 rings (SSSR count). The van der Waals surface area contributed by atoms with Crippen LogP contribution in [0, 0.1) is 0 Å². The molecule has 38 heavy (non-hydrogen) atoms. The van der Waals surface area contributed by atoms with Gasteiger partial charge >= 0.3 is 13.7 Å². The molecule has 2 aromatic rings. The van der Waals surface area contributed by atoms with Gasteiger partial charge in [-0.1, -0.05) is 60.7 Å². The minimum absolute atomic E-state index is 0.0322. The number of Topliss-reactive ketones (excluding diaryl/α,β-unsaturated/α-hetero) is 1. The minimum atomic E-state index is -4.05. The Bertz CT molecular complexity index is 1130. The number of hydrogen-bond acceptors (Lipinski definition) is 7. The van der Waals surface area contributed by atoms with Gasteiger partial charge in [-0.2, -0.15) is 0 Å². The number of likely N-dealkylation sites (tertiary alicyclic amines) is 1. The average Bonchev–Trinajstić information content (AvgIpc) is 3.63. The van der Waals surface area contributed by atoms with Crippen LogP contribution in [-0.4, -0.2) is 58.4 Å². The van der Waals surface area contributed by atoms with Crippen molar-refractivity contribution in [3.05, 3.63) is 71.8 Å². The van der Waals surface area contributed by atoms with Crippen molar-refractivity contribution in [1.29, 1.82) is 0 Å². The third-order valence-corrected chi connectivity index (χ3v) is 8.64. The predicted molar refractivity (Wildman–Crippen MR) is 140 cm³/mol. The summed E-state index contributed by atoms with van der Waals surface area (Å²) in [5, 5.41) is 15.9. The Morgan fingerprint density at radius 1 is 1.05 bits per heavy atom. The van der Waals surface area contributed by atoms with Crippen LogP contribution in [0.1, 0.15) is 43.7 Å². The van der Waals surface area contributed by atoms with E-state index in [4.69, 9.17) is 9.05 Å². The number of amides is 1. The molecule has 2 aliphatic rings. The third kappa shape index (κ3) is 6.22. The molecule has 3 N–H and O–H groups in total. The molecule has 2 saturated heterocycles. The van der Waals surface area contributed by atoms with Crippen LogP contribution in [-0.2, 0) is 41.2 Å². The summed E-state index contributed by atoms with van der Waals surface area (Å²) in [6.45, 7) is 2.13. The van der Waals surface area contributed by atoms with Gasteiger partial charge in [0.2, 0.25) is 11.4 Å². The molecule has 0 spiro atoms. The van der Waals surface area contributed by atoms with Gasteiger partial charge in [-0.25, -0.2) is 14.4 Å².